The van der Waals surface area contributed by atoms with Gasteiger partial charge < -0.3 is 4.74 Å². The fraction of sp³-hybridized carbons (Fsp3) is 0.524. The molecule has 25 heavy (non-hydrogen) atoms. The molecule has 4 heteroatoms. The molecule has 2 amide bonds. The topological polar surface area (TPSA) is 46.6 Å². The van der Waals surface area contributed by atoms with Crippen molar-refractivity contribution in [1.82, 2.24) is 4.90 Å². The Bertz CT molecular complexity index is 705. The van der Waals surface area contributed by atoms with Gasteiger partial charge in [-0.15, -0.1) is 0 Å². The smallest absolute Gasteiger partial charge is 0.233 e. The summed E-state index contributed by atoms with van der Waals surface area (Å²) >= 11 is 0. The summed E-state index contributed by atoms with van der Waals surface area (Å²) in [5, 5.41) is 0. The molecule has 1 aliphatic carbocycles. The van der Waals surface area contributed by atoms with Crippen molar-refractivity contribution in [2.45, 2.75) is 51.4 Å². The Morgan fingerprint density at radius 2 is 2.12 bits per heavy atom. The summed E-state index contributed by atoms with van der Waals surface area (Å²) in [5.74, 6) is 0.611. The zero-order chi connectivity index (χ0) is 18.0. The zero-order valence-electron chi connectivity index (χ0n) is 15.4. The normalized spacial score (nSPS) is 26.2. The number of rotatable bonds is 4. The summed E-state index contributed by atoms with van der Waals surface area (Å²) in [5.41, 5.74) is 1.82. The molecule has 1 aromatic carbocycles. The van der Waals surface area contributed by atoms with Crippen LogP contribution in [0.1, 0.15) is 51.5 Å². The highest BCUT2D eigenvalue weighted by molar-refractivity contribution is 6.01. The van der Waals surface area contributed by atoms with Crippen LogP contribution in [0.15, 0.2) is 35.9 Å². The van der Waals surface area contributed by atoms with Crippen LogP contribution < -0.4 is 4.74 Å². The second kappa shape index (κ2) is 7.03. The molecule has 2 aliphatic rings. The largest absolute Gasteiger partial charge is 0.497 e. The minimum atomic E-state index is -0.373. The minimum absolute atomic E-state index is 0.00345. The number of allylic oxidation sites excluding steroid dienone is 1. The molecule has 2 fully saturated rings. The summed E-state index contributed by atoms with van der Waals surface area (Å²) in [6, 6.07) is 7.92. The average Bonchev–Trinajstić information content (AvgIpc) is 2.61. The van der Waals surface area contributed by atoms with Crippen LogP contribution in [0.25, 0.3) is 0 Å². The van der Waals surface area contributed by atoms with Crippen LogP contribution in [-0.4, -0.2) is 30.4 Å². The Labute approximate surface area is 149 Å². The first kappa shape index (κ1) is 17.7. The van der Waals surface area contributed by atoms with Crippen molar-refractivity contribution in [2.24, 2.45) is 5.92 Å². The van der Waals surface area contributed by atoms with Gasteiger partial charge in [-0.05, 0) is 44.4 Å². The lowest BCUT2D eigenvalue weighted by Crippen LogP contribution is -2.57. The third-order valence-electron chi connectivity index (χ3n) is 5.69. The lowest BCUT2D eigenvalue weighted by Gasteiger charge is -2.49. The average molecular weight is 341 g/mol. The van der Waals surface area contributed by atoms with E-state index in [2.05, 4.69) is 0 Å². The fourth-order valence-electron chi connectivity index (χ4n) is 4.33. The third-order valence-corrected chi connectivity index (χ3v) is 5.69. The van der Waals surface area contributed by atoms with E-state index in [1.165, 1.54) is 4.90 Å². The molecule has 0 aromatic heterocycles. The number of benzene rings is 1. The van der Waals surface area contributed by atoms with Gasteiger partial charge in [-0.1, -0.05) is 36.6 Å². The molecule has 4 nitrogen and oxygen atoms in total. The van der Waals surface area contributed by atoms with Gasteiger partial charge in [0.15, 0.2) is 0 Å². The number of hydrogen-bond acceptors (Lipinski definition) is 3. The molecule has 3 rings (SSSR count). The lowest BCUT2D eigenvalue weighted by molar-refractivity contribution is -0.157. The molecular weight excluding hydrogens is 314 g/mol. The van der Waals surface area contributed by atoms with Crippen molar-refractivity contribution in [2.75, 3.05) is 13.7 Å². The van der Waals surface area contributed by atoms with E-state index >= 15 is 0 Å². The summed E-state index contributed by atoms with van der Waals surface area (Å²) in [6.07, 6.45) is 6.22. The fourth-order valence-corrected chi connectivity index (χ4v) is 4.33. The molecule has 0 bridgehead atoms. The highest BCUT2D eigenvalue weighted by Crippen LogP contribution is 2.50. The Kier molecular flexibility index (Phi) is 4.98. The van der Waals surface area contributed by atoms with Crippen molar-refractivity contribution >= 4 is 11.8 Å². The van der Waals surface area contributed by atoms with Crippen LogP contribution in [0.3, 0.4) is 0 Å². The van der Waals surface area contributed by atoms with E-state index in [0.29, 0.717) is 13.0 Å². The highest BCUT2D eigenvalue weighted by Gasteiger charge is 2.53. The molecule has 0 radical (unpaired) electrons. The number of hydrogen-bond donors (Lipinski definition) is 0. The number of fused-ring (bicyclic) bond motifs is 1. The van der Waals surface area contributed by atoms with Crippen LogP contribution in [0, 0.1) is 5.92 Å². The van der Waals surface area contributed by atoms with E-state index in [1.54, 1.807) is 7.11 Å². The van der Waals surface area contributed by atoms with Crippen LogP contribution in [-0.2, 0) is 15.0 Å². The van der Waals surface area contributed by atoms with Gasteiger partial charge in [0, 0.05) is 24.3 Å². The van der Waals surface area contributed by atoms with E-state index in [1.807, 2.05) is 44.2 Å². The molecular formula is C21H27NO3. The number of nitrogens with zero attached hydrogens (tertiary/aromatic N) is 1. The van der Waals surface area contributed by atoms with E-state index < -0.39 is 0 Å². The Balaban J connectivity index is 1.99. The molecule has 1 saturated heterocycles. The van der Waals surface area contributed by atoms with Gasteiger partial charge in [-0.25, -0.2) is 0 Å². The van der Waals surface area contributed by atoms with E-state index in [0.717, 1.165) is 42.6 Å². The maximum atomic E-state index is 13.2. The molecule has 0 spiro atoms. The number of piperidine rings is 1. The quantitative estimate of drug-likeness (QED) is 0.617. The molecule has 134 valence electrons. The zero-order valence-corrected chi connectivity index (χ0v) is 15.4. The van der Waals surface area contributed by atoms with Gasteiger partial charge in [0.2, 0.25) is 11.8 Å². The molecule has 2 atom stereocenters. The minimum Gasteiger partial charge on any atom is -0.497 e. The summed E-state index contributed by atoms with van der Waals surface area (Å²) in [7, 11) is 1.65. The highest BCUT2D eigenvalue weighted by atomic mass is 16.5. The van der Waals surface area contributed by atoms with E-state index in [9.17, 15) is 9.59 Å². The maximum absolute atomic E-state index is 13.2. The number of ether oxygens (including phenoxy) is 1. The SMILES string of the molecule is COc1cccc(C23CCCCC2C(=O)N(CC=C(C)C)C(=O)C3)c1. The van der Waals surface area contributed by atoms with Gasteiger partial charge in [-0.3, -0.25) is 14.5 Å². The van der Waals surface area contributed by atoms with Gasteiger partial charge in [0.05, 0.1) is 7.11 Å². The molecule has 1 saturated carbocycles. The van der Waals surface area contributed by atoms with Crippen molar-refractivity contribution in [3.63, 3.8) is 0 Å². The van der Waals surface area contributed by atoms with Crippen LogP contribution >= 0.6 is 0 Å². The Hall–Kier alpha value is -2.10. The number of carbonyl (C=O) groups is 2. The monoisotopic (exact) mass is 341 g/mol. The number of imide groups is 1. The van der Waals surface area contributed by atoms with E-state index in [4.69, 9.17) is 4.74 Å². The van der Waals surface area contributed by atoms with E-state index in [-0.39, 0.29) is 23.1 Å². The predicted octanol–water partition coefficient (Wildman–Crippen LogP) is 3.85. The van der Waals surface area contributed by atoms with Crippen LogP contribution in [0.4, 0.5) is 0 Å². The molecule has 1 aromatic rings. The molecule has 0 N–H and O–H groups in total. The van der Waals surface area contributed by atoms with Gasteiger partial charge in [0.25, 0.3) is 0 Å². The molecule has 2 unspecified atom stereocenters. The molecule has 1 aliphatic heterocycles. The number of carbonyl (C=O) groups excluding carboxylic acids is 2. The van der Waals surface area contributed by atoms with Crippen LogP contribution in [0.5, 0.6) is 5.75 Å². The predicted molar refractivity (Wildman–Crippen MR) is 97.4 cm³/mol. The van der Waals surface area contributed by atoms with Gasteiger partial charge in [0.1, 0.15) is 5.75 Å². The van der Waals surface area contributed by atoms with Gasteiger partial charge in [-0.2, -0.15) is 0 Å². The standard InChI is InChI=1S/C21H27NO3/c1-15(2)10-12-22-19(23)14-21(11-5-4-9-18(21)20(22)24)16-7-6-8-17(13-16)25-3/h6-8,10,13,18H,4-5,9,11-12,14H2,1-3H3. The second-order valence-electron chi connectivity index (χ2n) is 7.49. The number of likely N-dealkylation sites (tertiary alicyclic amines) is 1. The number of methoxy groups -OCH3 is 1. The first-order valence-corrected chi connectivity index (χ1v) is 9.10. The maximum Gasteiger partial charge on any atom is 0.233 e. The molecule has 1 heterocycles. The first-order valence-electron chi connectivity index (χ1n) is 9.10. The van der Waals surface area contributed by atoms with Crippen LogP contribution in [0.2, 0.25) is 0 Å². The summed E-state index contributed by atoms with van der Waals surface area (Å²) in [6.45, 7) is 4.37. The first-order chi connectivity index (χ1) is 12.0. The lowest BCUT2D eigenvalue weighted by atomic mass is 9.58. The second-order valence-corrected chi connectivity index (χ2v) is 7.49. The van der Waals surface area contributed by atoms with Crippen molar-refractivity contribution in [3.05, 3.63) is 41.5 Å². The van der Waals surface area contributed by atoms with Crippen molar-refractivity contribution < 1.29 is 14.3 Å². The summed E-state index contributed by atoms with van der Waals surface area (Å²) in [4.78, 5) is 27.5. The number of amides is 2. The summed E-state index contributed by atoms with van der Waals surface area (Å²) < 4.78 is 5.37. The third kappa shape index (κ3) is 3.22. The van der Waals surface area contributed by atoms with Gasteiger partial charge >= 0.3 is 0 Å². The van der Waals surface area contributed by atoms with Crippen molar-refractivity contribution in [3.8, 4) is 5.75 Å². The van der Waals surface area contributed by atoms with Crippen molar-refractivity contribution in [1.29, 1.82) is 0 Å². The Morgan fingerprint density at radius 3 is 2.84 bits per heavy atom. The Morgan fingerprint density at radius 1 is 1.32 bits per heavy atom.